The van der Waals surface area contributed by atoms with Crippen molar-refractivity contribution < 1.29 is 4.39 Å². The Labute approximate surface area is 90.0 Å². The van der Waals surface area contributed by atoms with E-state index in [0.717, 1.165) is 25.8 Å². The van der Waals surface area contributed by atoms with Gasteiger partial charge in [-0.15, -0.1) is 0 Å². The lowest BCUT2D eigenvalue weighted by atomic mass is 9.84. The molecule has 0 aromatic rings. The van der Waals surface area contributed by atoms with Crippen molar-refractivity contribution in [3.8, 4) is 0 Å². The zero-order valence-corrected chi connectivity index (χ0v) is 9.09. The van der Waals surface area contributed by atoms with Crippen LogP contribution in [0, 0.1) is 5.92 Å². The lowest BCUT2D eigenvalue weighted by Gasteiger charge is -2.32. The van der Waals surface area contributed by atoms with E-state index < -0.39 is 0 Å². The molecular weight excluding hydrogens is 189 g/mol. The molecule has 2 aliphatic heterocycles. The maximum atomic E-state index is 13.5. The average molecular weight is 205 g/mol. The molecule has 1 unspecified atom stereocenters. The molecule has 1 aliphatic carbocycles. The summed E-state index contributed by atoms with van der Waals surface area (Å²) in [5, 5.41) is 0. The van der Waals surface area contributed by atoms with Crippen LogP contribution in [0.5, 0.6) is 0 Å². The van der Waals surface area contributed by atoms with Gasteiger partial charge in [0.1, 0.15) is 5.83 Å². The lowest BCUT2D eigenvalue weighted by Crippen LogP contribution is -2.25. The van der Waals surface area contributed by atoms with Gasteiger partial charge in [-0.1, -0.05) is 6.92 Å². The number of hydrogen-bond acceptors (Lipinski definition) is 1. The lowest BCUT2D eigenvalue weighted by molar-refractivity contribution is 0.387. The van der Waals surface area contributed by atoms with Crippen molar-refractivity contribution in [3.63, 3.8) is 0 Å². The van der Waals surface area contributed by atoms with Crippen LogP contribution in [0.4, 0.5) is 4.39 Å². The average Bonchev–Trinajstić information content (AvgIpc) is 2.58. The fourth-order valence-electron chi connectivity index (χ4n) is 3.05. The highest BCUT2D eigenvalue weighted by atomic mass is 19.1. The first kappa shape index (κ1) is 9.20. The summed E-state index contributed by atoms with van der Waals surface area (Å²) in [7, 11) is 0. The molecule has 2 heterocycles. The fourth-order valence-corrected chi connectivity index (χ4v) is 3.05. The van der Waals surface area contributed by atoms with Crippen LogP contribution in [-0.4, -0.2) is 11.4 Å². The van der Waals surface area contributed by atoms with Gasteiger partial charge in [-0.3, -0.25) is 0 Å². The molecule has 1 atom stereocenters. The molecule has 0 N–H and O–H groups in total. The minimum absolute atomic E-state index is 0.0712. The zero-order chi connectivity index (χ0) is 10.4. The fraction of sp³-hybridized carbons (Fsp3) is 0.538. The van der Waals surface area contributed by atoms with Crippen LogP contribution in [0.3, 0.4) is 0 Å². The molecule has 2 heteroatoms. The summed E-state index contributed by atoms with van der Waals surface area (Å²) < 4.78 is 13.5. The van der Waals surface area contributed by atoms with Crippen LogP contribution in [0.15, 0.2) is 34.9 Å². The van der Waals surface area contributed by atoms with Gasteiger partial charge < -0.3 is 4.90 Å². The molecule has 0 saturated carbocycles. The Morgan fingerprint density at radius 1 is 1.53 bits per heavy atom. The Bertz CT molecular complexity index is 389. The minimum Gasteiger partial charge on any atom is -0.351 e. The monoisotopic (exact) mass is 205 g/mol. The largest absolute Gasteiger partial charge is 0.351 e. The summed E-state index contributed by atoms with van der Waals surface area (Å²) in [5.41, 5.74) is 4.06. The Hall–Kier alpha value is -1.05. The van der Waals surface area contributed by atoms with E-state index in [1.54, 1.807) is 6.08 Å². The number of nitrogens with zero attached hydrogens (tertiary/aromatic N) is 1. The van der Waals surface area contributed by atoms with Crippen LogP contribution in [0.2, 0.25) is 0 Å². The van der Waals surface area contributed by atoms with Gasteiger partial charge in [0.2, 0.25) is 0 Å². The summed E-state index contributed by atoms with van der Waals surface area (Å²) in [6.07, 6.45) is 7.87. The summed E-state index contributed by atoms with van der Waals surface area (Å²) in [6.45, 7) is 3.29. The quantitative estimate of drug-likeness (QED) is 0.633. The molecule has 0 spiro atoms. The van der Waals surface area contributed by atoms with Crippen LogP contribution in [-0.2, 0) is 0 Å². The highest BCUT2D eigenvalue weighted by Gasteiger charge is 2.35. The second-order valence-electron chi connectivity index (χ2n) is 4.61. The predicted molar refractivity (Wildman–Crippen MR) is 58.6 cm³/mol. The summed E-state index contributed by atoms with van der Waals surface area (Å²) in [5.74, 6) is 0.428. The normalized spacial score (nSPS) is 28.9. The van der Waals surface area contributed by atoms with Crippen LogP contribution in [0.25, 0.3) is 0 Å². The first-order valence-electron chi connectivity index (χ1n) is 5.86. The zero-order valence-electron chi connectivity index (χ0n) is 9.09. The van der Waals surface area contributed by atoms with Crippen molar-refractivity contribution in [1.29, 1.82) is 0 Å². The van der Waals surface area contributed by atoms with E-state index in [2.05, 4.69) is 18.0 Å². The molecular formula is C13H16FN. The van der Waals surface area contributed by atoms with Gasteiger partial charge >= 0.3 is 0 Å². The van der Waals surface area contributed by atoms with Gasteiger partial charge in [-0.05, 0) is 36.5 Å². The summed E-state index contributed by atoms with van der Waals surface area (Å²) in [6, 6.07) is 0. The highest BCUT2D eigenvalue weighted by molar-refractivity contribution is 5.43. The molecule has 3 rings (SSSR count). The Balaban J connectivity index is 2.08. The van der Waals surface area contributed by atoms with Crippen LogP contribution >= 0.6 is 0 Å². The smallest absolute Gasteiger partial charge is 0.101 e. The molecule has 0 fully saturated rings. The van der Waals surface area contributed by atoms with E-state index in [9.17, 15) is 4.39 Å². The number of allylic oxidation sites excluding steroid dienone is 4. The molecule has 0 saturated heterocycles. The number of hydrogen-bond donors (Lipinski definition) is 0. The third-order valence-electron chi connectivity index (χ3n) is 3.72. The minimum atomic E-state index is 0.0712. The van der Waals surface area contributed by atoms with Crippen LogP contribution < -0.4 is 0 Å². The molecule has 80 valence electrons. The van der Waals surface area contributed by atoms with Gasteiger partial charge in [0.05, 0.1) is 0 Å². The maximum Gasteiger partial charge on any atom is 0.101 e. The SMILES string of the molecule is CCC1=CN2CCCC3=C2C1CC(F)=C3. The van der Waals surface area contributed by atoms with Crippen molar-refractivity contribution in [2.24, 2.45) is 5.92 Å². The number of halogens is 1. The molecule has 3 aliphatic rings. The molecule has 1 nitrogen and oxygen atoms in total. The van der Waals surface area contributed by atoms with Crippen molar-refractivity contribution >= 4 is 0 Å². The highest BCUT2D eigenvalue weighted by Crippen LogP contribution is 2.45. The number of rotatable bonds is 1. The van der Waals surface area contributed by atoms with Gasteiger partial charge in [-0.25, -0.2) is 4.39 Å². The third kappa shape index (κ3) is 1.27. The second kappa shape index (κ2) is 3.22. The molecule has 0 aromatic heterocycles. The summed E-state index contributed by atoms with van der Waals surface area (Å²) >= 11 is 0. The molecule has 0 bridgehead atoms. The molecule has 0 amide bonds. The summed E-state index contributed by atoms with van der Waals surface area (Å²) in [4.78, 5) is 2.35. The van der Waals surface area contributed by atoms with Crippen molar-refractivity contribution in [2.75, 3.05) is 6.54 Å². The van der Waals surface area contributed by atoms with E-state index in [0.29, 0.717) is 12.3 Å². The second-order valence-corrected chi connectivity index (χ2v) is 4.61. The van der Waals surface area contributed by atoms with E-state index in [1.807, 2.05) is 0 Å². The Kier molecular flexibility index (Phi) is 1.98. The van der Waals surface area contributed by atoms with Crippen molar-refractivity contribution in [2.45, 2.75) is 32.6 Å². The van der Waals surface area contributed by atoms with Gasteiger partial charge in [0.15, 0.2) is 0 Å². The predicted octanol–water partition coefficient (Wildman–Crippen LogP) is 3.52. The molecule has 0 aromatic carbocycles. The van der Waals surface area contributed by atoms with Gasteiger partial charge in [0.25, 0.3) is 0 Å². The van der Waals surface area contributed by atoms with E-state index >= 15 is 0 Å². The Morgan fingerprint density at radius 3 is 3.20 bits per heavy atom. The van der Waals surface area contributed by atoms with Crippen LogP contribution in [0.1, 0.15) is 32.6 Å². The first-order chi connectivity index (χ1) is 7.29. The van der Waals surface area contributed by atoms with Crippen molar-refractivity contribution in [3.05, 3.63) is 34.9 Å². The first-order valence-corrected chi connectivity index (χ1v) is 5.86. The van der Waals surface area contributed by atoms with E-state index in [4.69, 9.17) is 0 Å². The van der Waals surface area contributed by atoms with Crippen molar-refractivity contribution in [1.82, 2.24) is 4.90 Å². The van der Waals surface area contributed by atoms with E-state index in [-0.39, 0.29) is 5.83 Å². The van der Waals surface area contributed by atoms with Gasteiger partial charge in [-0.2, -0.15) is 0 Å². The molecule has 0 radical (unpaired) electrons. The Morgan fingerprint density at radius 2 is 2.40 bits per heavy atom. The standard InChI is InChI=1S/C13H16FN/c1-2-9-8-15-5-3-4-10-6-11(14)7-12(9)13(10)15/h6,8,12H,2-5,7H2,1H3. The third-order valence-corrected chi connectivity index (χ3v) is 3.72. The molecule has 15 heavy (non-hydrogen) atoms. The van der Waals surface area contributed by atoms with E-state index in [1.165, 1.54) is 16.8 Å². The van der Waals surface area contributed by atoms with Gasteiger partial charge in [0, 0.05) is 30.8 Å². The topological polar surface area (TPSA) is 3.24 Å². The maximum absolute atomic E-state index is 13.5.